The Morgan fingerprint density at radius 2 is 2.17 bits per heavy atom. The maximum absolute atomic E-state index is 13.4. The molecule has 0 unspecified atom stereocenters. The Balaban J connectivity index is 2.53. The Bertz CT molecular complexity index is 448. The number of benzene rings is 1. The van der Waals surface area contributed by atoms with E-state index in [0.717, 1.165) is 6.07 Å². The molecule has 0 aliphatic carbocycles. The summed E-state index contributed by atoms with van der Waals surface area (Å²) < 4.78 is 17.9. The number of rotatable bonds is 6. The van der Waals surface area contributed by atoms with Crippen LogP contribution in [-0.4, -0.2) is 29.9 Å². The summed E-state index contributed by atoms with van der Waals surface area (Å²) in [5, 5.41) is 8.79. The van der Waals surface area contributed by atoms with Gasteiger partial charge in [-0.15, -0.1) is 0 Å². The summed E-state index contributed by atoms with van der Waals surface area (Å²) in [7, 11) is 1.31. The first kappa shape index (κ1) is 14.5. The van der Waals surface area contributed by atoms with Gasteiger partial charge in [0.05, 0.1) is 19.1 Å². The standard InChI is InChI=1S/C12H13FO4S/c1-17-11(14)4-5-18-7-9-6-8(12(15)16)2-3-10(9)13/h2-3,6H,4-5,7H2,1H3,(H,15,16). The average molecular weight is 272 g/mol. The van der Waals surface area contributed by atoms with Crippen LogP contribution in [0.3, 0.4) is 0 Å². The predicted octanol–water partition coefficient (Wildman–Crippen LogP) is 2.32. The molecule has 0 heterocycles. The van der Waals surface area contributed by atoms with Crippen molar-refractivity contribution in [2.45, 2.75) is 12.2 Å². The van der Waals surface area contributed by atoms with Crippen LogP contribution < -0.4 is 0 Å². The third-order valence-electron chi connectivity index (χ3n) is 2.23. The van der Waals surface area contributed by atoms with Crippen LogP contribution >= 0.6 is 11.8 Å². The van der Waals surface area contributed by atoms with Crippen LogP contribution in [-0.2, 0) is 15.3 Å². The molecule has 0 aromatic heterocycles. The number of thioether (sulfide) groups is 1. The summed E-state index contributed by atoms with van der Waals surface area (Å²) in [5.41, 5.74) is 0.379. The first-order chi connectivity index (χ1) is 8.54. The Hall–Kier alpha value is -1.56. The van der Waals surface area contributed by atoms with E-state index in [4.69, 9.17) is 5.11 Å². The van der Waals surface area contributed by atoms with Crippen LogP contribution in [0.15, 0.2) is 18.2 Å². The van der Waals surface area contributed by atoms with Crippen LogP contribution in [0.4, 0.5) is 4.39 Å². The fourth-order valence-electron chi connectivity index (χ4n) is 1.26. The lowest BCUT2D eigenvalue weighted by molar-refractivity contribution is -0.140. The molecule has 98 valence electrons. The predicted molar refractivity (Wildman–Crippen MR) is 66.2 cm³/mol. The zero-order valence-corrected chi connectivity index (χ0v) is 10.6. The molecule has 0 amide bonds. The second-order valence-corrected chi connectivity index (χ2v) is 4.60. The summed E-state index contributed by atoms with van der Waals surface area (Å²) >= 11 is 1.35. The van der Waals surface area contributed by atoms with Gasteiger partial charge < -0.3 is 9.84 Å². The van der Waals surface area contributed by atoms with Gasteiger partial charge in [-0.1, -0.05) is 0 Å². The van der Waals surface area contributed by atoms with E-state index in [1.807, 2.05) is 0 Å². The highest BCUT2D eigenvalue weighted by Gasteiger charge is 2.09. The van der Waals surface area contributed by atoms with E-state index in [1.165, 1.54) is 31.0 Å². The van der Waals surface area contributed by atoms with Gasteiger partial charge in [0.2, 0.25) is 0 Å². The van der Waals surface area contributed by atoms with Gasteiger partial charge in [0.1, 0.15) is 5.82 Å². The molecule has 1 aromatic rings. The second kappa shape index (κ2) is 7.00. The Morgan fingerprint density at radius 1 is 1.44 bits per heavy atom. The Morgan fingerprint density at radius 3 is 2.78 bits per heavy atom. The van der Waals surface area contributed by atoms with Crippen LogP contribution in [0.2, 0.25) is 0 Å². The highest BCUT2D eigenvalue weighted by Crippen LogP contribution is 2.18. The Labute approximate surface area is 108 Å². The maximum Gasteiger partial charge on any atom is 0.335 e. The van der Waals surface area contributed by atoms with Crippen molar-refractivity contribution in [1.82, 2.24) is 0 Å². The smallest absolute Gasteiger partial charge is 0.335 e. The monoisotopic (exact) mass is 272 g/mol. The van der Waals surface area contributed by atoms with E-state index in [-0.39, 0.29) is 18.0 Å². The number of hydrogen-bond acceptors (Lipinski definition) is 4. The first-order valence-corrected chi connectivity index (χ1v) is 6.36. The molecular formula is C12H13FO4S. The maximum atomic E-state index is 13.4. The molecule has 0 bridgehead atoms. The molecule has 0 radical (unpaired) electrons. The lowest BCUT2D eigenvalue weighted by Gasteiger charge is -2.04. The van der Waals surface area contributed by atoms with Gasteiger partial charge in [-0.25, -0.2) is 9.18 Å². The summed E-state index contributed by atoms with van der Waals surface area (Å²) in [5.74, 6) is -1.02. The number of carbonyl (C=O) groups excluding carboxylic acids is 1. The van der Waals surface area contributed by atoms with Gasteiger partial charge in [0, 0.05) is 11.5 Å². The van der Waals surface area contributed by atoms with Crippen LogP contribution in [0.25, 0.3) is 0 Å². The average Bonchev–Trinajstić information content (AvgIpc) is 2.35. The summed E-state index contributed by atoms with van der Waals surface area (Å²) in [4.78, 5) is 21.6. The summed E-state index contributed by atoms with van der Waals surface area (Å²) in [6.07, 6.45) is 0.251. The molecule has 18 heavy (non-hydrogen) atoms. The summed E-state index contributed by atoms with van der Waals surface area (Å²) in [6.45, 7) is 0. The minimum Gasteiger partial charge on any atom is -0.478 e. The number of carboxylic acids is 1. The van der Waals surface area contributed by atoms with Crippen molar-refractivity contribution >= 4 is 23.7 Å². The second-order valence-electron chi connectivity index (χ2n) is 3.49. The number of hydrogen-bond donors (Lipinski definition) is 1. The van der Waals surface area contributed by atoms with E-state index in [1.54, 1.807) is 0 Å². The highest BCUT2D eigenvalue weighted by molar-refractivity contribution is 7.98. The number of esters is 1. The first-order valence-electron chi connectivity index (χ1n) is 5.21. The zero-order valence-electron chi connectivity index (χ0n) is 9.81. The molecule has 4 nitrogen and oxygen atoms in total. The van der Waals surface area contributed by atoms with Crippen molar-refractivity contribution in [2.24, 2.45) is 0 Å². The van der Waals surface area contributed by atoms with E-state index in [0.29, 0.717) is 17.1 Å². The molecule has 0 spiro atoms. The molecular weight excluding hydrogens is 259 g/mol. The van der Waals surface area contributed by atoms with Crippen molar-refractivity contribution in [1.29, 1.82) is 0 Å². The van der Waals surface area contributed by atoms with Gasteiger partial charge in [0.15, 0.2) is 0 Å². The minimum atomic E-state index is -1.09. The van der Waals surface area contributed by atoms with Crippen molar-refractivity contribution < 1.29 is 23.8 Å². The third-order valence-corrected chi connectivity index (χ3v) is 3.24. The van der Waals surface area contributed by atoms with E-state index < -0.39 is 11.8 Å². The third kappa shape index (κ3) is 4.37. The SMILES string of the molecule is COC(=O)CCSCc1cc(C(=O)O)ccc1F. The van der Waals surface area contributed by atoms with Gasteiger partial charge in [0.25, 0.3) is 0 Å². The molecule has 6 heteroatoms. The fourth-order valence-corrected chi connectivity index (χ4v) is 2.15. The lowest BCUT2D eigenvalue weighted by Crippen LogP contribution is -2.02. The number of halogens is 1. The molecule has 0 aliphatic heterocycles. The van der Waals surface area contributed by atoms with Crippen LogP contribution in [0.5, 0.6) is 0 Å². The van der Waals surface area contributed by atoms with Gasteiger partial charge >= 0.3 is 11.9 Å². The number of carboxylic acid groups (broad SMARTS) is 1. The fraction of sp³-hybridized carbons (Fsp3) is 0.333. The van der Waals surface area contributed by atoms with E-state index in [9.17, 15) is 14.0 Å². The van der Waals surface area contributed by atoms with Gasteiger partial charge in [-0.2, -0.15) is 11.8 Å². The molecule has 1 aromatic carbocycles. The minimum absolute atomic E-state index is 0.0555. The van der Waals surface area contributed by atoms with E-state index >= 15 is 0 Å². The Kier molecular flexibility index (Phi) is 5.64. The zero-order chi connectivity index (χ0) is 13.5. The molecule has 0 saturated heterocycles. The van der Waals surface area contributed by atoms with Crippen molar-refractivity contribution in [3.63, 3.8) is 0 Å². The molecule has 0 saturated carbocycles. The molecule has 1 N–H and O–H groups in total. The van der Waals surface area contributed by atoms with E-state index in [2.05, 4.69) is 4.74 Å². The quantitative estimate of drug-likeness (QED) is 0.636. The molecule has 0 atom stereocenters. The normalized spacial score (nSPS) is 10.1. The number of carbonyl (C=O) groups is 2. The number of ether oxygens (including phenoxy) is 1. The van der Waals surface area contributed by atoms with Crippen molar-refractivity contribution in [3.05, 3.63) is 35.1 Å². The molecule has 0 aliphatic rings. The molecule has 1 rings (SSSR count). The van der Waals surface area contributed by atoms with Crippen LogP contribution in [0, 0.1) is 5.82 Å². The highest BCUT2D eigenvalue weighted by atomic mass is 32.2. The van der Waals surface area contributed by atoms with Crippen molar-refractivity contribution in [2.75, 3.05) is 12.9 Å². The number of aromatic carboxylic acids is 1. The summed E-state index contributed by atoms with van der Waals surface area (Å²) in [6, 6.07) is 3.67. The largest absolute Gasteiger partial charge is 0.478 e. The van der Waals surface area contributed by atoms with Crippen LogP contribution in [0.1, 0.15) is 22.3 Å². The number of methoxy groups -OCH3 is 1. The van der Waals surface area contributed by atoms with Gasteiger partial charge in [-0.3, -0.25) is 4.79 Å². The lowest BCUT2D eigenvalue weighted by atomic mass is 10.1. The van der Waals surface area contributed by atoms with Crippen molar-refractivity contribution in [3.8, 4) is 0 Å². The topological polar surface area (TPSA) is 63.6 Å². The molecule has 0 fully saturated rings. The van der Waals surface area contributed by atoms with Gasteiger partial charge in [-0.05, 0) is 23.8 Å².